The maximum absolute atomic E-state index is 13.5. The first-order chi connectivity index (χ1) is 36.8. The highest BCUT2D eigenvalue weighted by Gasteiger charge is 2.70. The van der Waals surface area contributed by atoms with Crippen LogP contribution >= 0.6 is 0 Å². The van der Waals surface area contributed by atoms with Crippen molar-refractivity contribution in [2.45, 2.75) is 122 Å². The number of aromatic carboxylic acids is 1. The smallest absolute Gasteiger partial charge is 0.343 e. The van der Waals surface area contributed by atoms with Crippen LogP contribution in [0.4, 0.5) is 0 Å². The third-order valence-corrected chi connectivity index (χ3v) is 15.0. The fourth-order valence-electron chi connectivity index (χ4n) is 10.9. The Labute approximate surface area is 444 Å². The molecule has 2 unspecified atom stereocenters. The number of rotatable bonds is 30. The van der Waals surface area contributed by atoms with Crippen LogP contribution in [0.1, 0.15) is 113 Å². The summed E-state index contributed by atoms with van der Waals surface area (Å²) in [5, 5.41) is 41.1. The van der Waals surface area contributed by atoms with Crippen LogP contribution in [0.25, 0.3) is 0 Å². The van der Waals surface area contributed by atoms with Gasteiger partial charge in [-0.3, -0.25) is 14.8 Å². The highest BCUT2D eigenvalue weighted by Crippen LogP contribution is 2.62. The van der Waals surface area contributed by atoms with Crippen molar-refractivity contribution in [2.75, 3.05) is 65.8 Å². The number of carbonyl (C=O) groups is 3. The van der Waals surface area contributed by atoms with Gasteiger partial charge in [0.1, 0.15) is 29.5 Å². The molecule has 3 aromatic carbocycles. The Morgan fingerprint density at radius 3 is 2.37 bits per heavy atom. The second-order valence-electron chi connectivity index (χ2n) is 19.9. The monoisotopic (exact) mass is 1050 g/mol. The molecule has 0 bridgehead atoms. The summed E-state index contributed by atoms with van der Waals surface area (Å²) < 4.78 is 43.3. The maximum Gasteiger partial charge on any atom is 0.343 e. The number of nitrogens with zero attached hydrogens (tertiary/aromatic N) is 5. The quantitative estimate of drug-likeness (QED) is 0.0156. The third-order valence-electron chi connectivity index (χ3n) is 15.0. The number of H-pyrrole nitrogens is 1. The number of hydrogen-bond donors (Lipinski definition) is 4. The van der Waals surface area contributed by atoms with Gasteiger partial charge in [-0.1, -0.05) is 30.2 Å². The van der Waals surface area contributed by atoms with E-state index in [4.69, 9.17) is 33.2 Å². The number of nitrogens with one attached hydrogen (secondary N) is 2. The number of benzene rings is 3. The number of esters is 1. The fraction of sp³-hybridized carbons (Fsp3) is 0.509. The molecule has 4 N–H and O–H groups in total. The average molecular weight is 1050 g/mol. The molecule has 2 aromatic heterocycles. The molecule has 0 amide bonds. The molecule has 19 nitrogen and oxygen atoms in total. The van der Waals surface area contributed by atoms with Crippen molar-refractivity contribution in [1.82, 2.24) is 35.4 Å². The highest BCUT2D eigenvalue weighted by atomic mass is 16.6. The van der Waals surface area contributed by atoms with E-state index >= 15 is 0 Å². The molecule has 408 valence electrons. The van der Waals surface area contributed by atoms with Crippen LogP contribution in [-0.4, -0.2) is 142 Å². The minimum Gasteiger partial charge on any atom is -0.493 e. The molecule has 0 radical (unpaired) electrons. The minimum absolute atomic E-state index is 0.0556. The number of carbonyl (C=O) groups excluding carboxylic acids is 2. The standard InChI is InChI=1S/C57H73N7O12/c1-6-24-63-25-21-56-51-38(2)13-18-50(52(51)76-53(56)49(65)19-20-57(56,69)41(63)5)75-55(68)42-14-16-45(17-15-42)74-37-44-36-64(62-61-44)26-30-71-32-31-70-29-23-58-22-9-7-8-10-27-72-46-33-43(54(66)67)34-47(35-46)73-28-11-12-48-39(3)59-60-40(48)4/h6,13-18,33-36,41,53,58,69H,1,7-12,19-32,37H2,2-5H3,(H,59,60)(H,66,67)/t41?,53-,56-,57?/m0/s1. The SMILES string of the molecule is C=CCN1CC[C@]23c4c(C)ccc(OC(=O)c5ccc(OCc6cn(CCOCCOCCNCCCCCCOc7cc(OCCCc8c(C)n[nH]c8C)cc(C(=O)O)c7)nn6)cc5)c4O[C@H]2C(=O)CCC3(O)C1C. The van der Waals surface area contributed by atoms with E-state index in [9.17, 15) is 24.6 Å². The Hall–Kier alpha value is -6.64. The summed E-state index contributed by atoms with van der Waals surface area (Å²) in [5.74, 6) is 0.389. The molecule has 3 aliphatic rings. The number of Topliss-reactive ketones (excluding diaryl/α,β-unsaturated/α-hetero) is 1. The van der Waals surface area contributed by atoms with Crippen LogP contribution in [-0.2, 0) is 39.3 Å². The van der Waals surface area contributed by atoms with Crippen LogP contribution in [0.2, 0.25) is 0 Å². The van der Waals surface area contributed by atoms with Gasteiger partial charge in [0.25, 0.3) is 0 Å². The molecule has 76 heavy (non-hydrogen) atoms. The van der Waals surface area contributed by atoms with Crippen molar-refractivity contribution in [1.29, 1.82) is 0 Å². The second kappa shape index (κ2) is 25.9. The van der Waals surface area contributed by atoms with E-state index in [1.54, 1.807) is 47.3 Å². The third kappa shape index (κ3) is 12.9. The van der Waals surface area contributed by atoms with E-state index < -0.39 is 29.1 Å². The number of unbranched alkanes of at least 4 members (excludes halogenated alkanes) is 3. The molecule has 1 saturated carbocycles. The number of aromatic amines is 1. The zero-order valence-corrected chi connectivity index (χ0v) is 44.3. The molecule has 4 atom stereocenters. The molecule has 2 aliphatic heterocycles. The first-order valence-corrected chi connectivity index (χ1v) is 26.6. The molecular formula is C57H73N7O12. The van der Waals surface area contributed by atoms with E-state index in [1.165, 1.54) is 17.7 Å². The predicted octanol–water partition coefficient (Wildman–Crippen LogP) is 7.07. The lowest BCUT2D eigenvalue weighted by molar-refractivity contribution is -0.180. The van der Waals surface area contributed by atoms with Gasteiger partial charge in [-0.15, -0.1) is 11.7 Å². The highest BCUT2D eigenvalue weighted by molar-refractivity contribution is 5.93. The minimum atomic E-state index is -1.24. The summed E-state index contributed by atoms with van der Waals surface area (Å²) in [6, 6.07) is 14.7. The molecule has 4 heterocycles. The Bertz CT molecular complexity index is 2760. The predicted molar refractivity (Wildman–Crippen MR) is 282 cm³/mol. The molecule has 1 saturated heterocycles. The van der Waals surface area contributed by atoms with Gasteiger partial charge in [0.05, 0.1) is 80.2 Å². The Balaban J connectivity index is 0.657. The molecular weight excluding hydrogens is 975 g/mol. The summed E-state index contributed by atoms with van der Waals surface area (Å²) in [7, 11) is 0. The van der Waals surface area contributed by atoms with E-state index in [-0.39, 0.29) is 36.2 Å². The number of hydrogen-bond acceptors (Lipinski definition) is 16. The Morgan fingerprint density at radius 2 is 1.63 bits per heavy atom. The lowest BCUT2D eigenvalue weighted by Crippen LogP contribution is -2.73. The number of aliphatic hydroxyl groups is 1. The van der Waals surface area contributed by atoms with Gasteiger partial charge in [-0.25, -0.2) is 14.3 Å². The number of piperidine rings is 1. The summed E-state index contributed by atoms with van der Waals surface area (Å²) in [4.78, 5) is 40.9. The summed E-state index contributed by atoms with van der Waals surface area (Å²) in [6.07, 6.45) is 9.34. The lowest BCUT2D eigenvalue weighted by atomic mass is 9.52. The van der Waals surface area contributed by atoms with Crippen molar-refractivity contribution in [3.8, 4) is 28.7 Å². The normalized spacial score (nSPS) is 19.8. The van der Waals surface area contributed by atoms with Crippen molar-refractivity contribution in [3.05, 3.63) is 118 Å². The van der Waals surface area contributed by atoms with E-state index in [2.05, 4.69) is 37.3 Å². The number of likely N-dealkylation sites (tertiary alicyclic amines) is 1. The van der Waals surface area contributed by atoms with Crippen LogP contribution in [0, 0.1) is 20.8 Å². The number of aryl methyl sites for hydroxylation is 3. The molecule has 5 aromatic rings. The van der Waals surface area contributed by atoms with Crippen molar-refractivity contribution < 1.29 is 57.8 Å². The summed E-state index contributed by atoms with van der Waals surface area (Å²) >= 11 is 0. The van der Waals surface area contributed by atoms with Crippen LogP contribution in [0.5, 0.6) is 28.7 Å². The summed E-state index contributed by atoms with van der Waals surface area (Å²) in [5.41, 5.74) is 3.72. The van der Waals surface area contributed by atoms with Gasteiger partial charge in [0.2, 0.25) is 0 Å². The number of carboxylic acids is 1. The van der Waals surface area contributed by atoms with Gasteiger partial charge in [-0.05, 0) is 133 Å². The number of aromatic nitrogens is 5. The van der Waals surface area contributed by atoms with Crippen LogP contribution < -0.4 is 29.0 Å². The van der Waals surface area contributed by atoms with Gasteiger partial charge in [0.15, 0.2) is 23.4 Å². The second-order valence-corrected chi connectivity index (χ2v) is 19.9. The molecule has 2 fully saturated rings. The average Bonchev–Trinajstić information content (AvgIpc) is 4.18. The van der Waals surface area contributed by atoms with E-state index in [0.29, 0.717) is 106 Å². The van der Waals surface area contributed by atoms with Gasteiger partial charge in [-0.2, -0.15) is 5.10 Å². The molecule has 1 spiro atoms. The van der Waals surface area contributed by atoms with Crippen LogP contribution in [0.15, 0.2) is 73.4 Å². The first kappa shape index (κ1) is 55.6. The maximum atomic E-state index is 13.5. The largest absolute Gasteiger partial charge is 0.493 e. The summed E-state index contributed by atoms with van der Waals surface area (Å²) in [6.45, 7) is 18.3. The van der Waals surface area contributed by atoms with Crippen molar-refractivity contribution in [2.24, 2.45) is 0 Å². The van der Waals surface area contributed by atoms with Crippen LogP contribution in [0.3, 0.4) is 0 Å². The van der Waals surface area contributed by atoms with Crippen molar-refractivity contribution >= 4 is 17.7 Å². The van der Waals surface area contributed by atoms with E-state index in [1.807, 2.05) is 39.8 Å². The Morgan fingerprint density at radius 1 is 0.882 bits per heavy atom. The first-order valence-electron chi connectivity index (χ1n) is 26.6. The molecule has 8 rings (SSSR count). The van der Waals surface area contributed by atoms with Gasteiger partial charge >= 0.3 is 11.9 Å². The lowest BCUT2D eigenvalue weighted by Gasteiger charge is -2.59. The number of fused-ring (bicyclic) bond motifs is 1. The van der Waals surface area contributed by atoms with Gasteiger partial charge < -0.3 is 48.7 Å². The van der Waals surface area contributed by atoms with Crippen molar-refractivity contribution in [3.63, 3.8) is 0 Å². The molecule has 19 heteroatoms. The Kier molecular flexibility index (Phi) is 19.0. The zero-order valence-electron chi connectivity index (χ0n) is 44.3. The number of ketones is 1. The fourth-order valence-corrected chi connectivity index (χ4v) is 10.9. The number of ether oxygens (including phenoxy) is 7. The molecule has 1 aliphatic carbocycles. The van der Waals surface area contributed by atoms with Gasteiger partial charge in [0, 0.05) is 42.9 Å². The topological polar surface area (TPSA) is 231 Å². The van der Waals surface area contributed by atoms with E-state index in [0.717, 1.165) is 74.1 Å². The zero-order chi connectivity index (χ0) is 53.7. The number of carboxylic acid groups (broad SMARTS) is 1.